The fourth-order valence-electron chi connectivity index (χ4n) is 1.89. The summed E-state index contributed by atoms with van der Waals surface area (Å²) >= 11 is 3.64. The van der Waals surface area contributed by atoms with Crippen LogP contribution >= 0.6 is 15.9 Å². The molecule has 0 N–H and O–H groups in total. The fourth-order valence-corrected chi connectivity index (χ4v) is 2.08. The van der Waals surface area contributed by atoms with Gasteiger partial charge in [0, 0.05) is 4.83 Å². The number of hydrogen-bond donors (Lipinski definition) is 0. The van der Waals surface area contributed by atoms with Gasteiger partial charge in [-0.2, -0.15) is 0 Å². The average molecular weight is 319 g/mol. The number of halogens is 1. The Morgan fingerprint density at radius 3 is 2.32 bits per heavy atom. The largest absolute Gasteiger partial charge is 0.457 e. The van der Waals surface area contributed by atoms with Crippen LogP contribution in [-0.4, -0.2) is 4.83 Å². The van der Waals surface area contributed by atoms with Gasteiger partial charge in [0.15, 0.2) is 0 Å². The second-order valence-electron chi connectivity index (χ2n) is 4.92. The molecule has 0 aromatic heterocycles. The van der Waals surface area contributed by atoms with Gasteiger partial charge in [0.05, 0.1) is 0 Å². The third-order valence-electron chi connectivity index (χ3n) is 3.22. The Morgan fingerprint density at radius 1 is 0.947 bits per heavy atom. The van der Waals surface area contributed by atoms with Gasteiger partial charge in [-0.05, 0) is 42.2 Å². The highest BCUT2D eigenvalue weighted by Gasteiger charge is 2.10. The van der Waals surface area contributed by atoms with Gasteiger partial charge in [0.2, 0.25) is 0 Å². The van der Waals surface area contributed by atoms with E-state index < -0.39 is 0 Å². The molecule has 0 saturated carbocycles. The van der Waals surface area contributed by atoms with Crippen LogP contribution in [0, 0.1) is 5.92 Å². The summed E-state index contributed by atoms with van der Waals surface area (Å²) in [5.74, 6) is 2.38. The summed E-state index contributed by atoms with van der Waals surface area (Å²) in [7, 11) is 0. The second kappa shape index (κ2) is 6.76. The van der Waals surface area contributed by atoms with Crippen molar-refractivity contribution >= 4 is 15.9 Å². The van der Waals surface area contributed by atoms with Crippen LogP contribution in [0.15, 0.2) is 54.6 Å². The molecule has 100 valence electrons. The smallest absolute Gasteiger partial charge is 0.127 e. The Labute approximate surface area is 123 Å². The molecule has 0 spiro atoms. The van der Waals surface area contributed by atoms with Crippen LogP contribution in [0.5, 0.6) is 11.5 Å². The molecule has 2 heteroatoms. The van der Waals surface area contributed by atoms with Crippen molar-refractivity contribution in [1.82, 2.24) is 0 Å². The highest BCUT2D eigenvalue weighted by molar-refractivity contribution is 9.09. The summed E-state index contributed by atoms with van der Waals surface area (Å²) in [6, 6.07) is 18.2. The van der Waals surface area contributed by atoms with Crippen LogP contribution in [-0.2, 0) is 6.42 Å². The molecule has 0 amide bonds. The van der Waals surface area contributed by atoms with Crippen molar-refractivity contribution in [3.05, 3.63) is 60.2 Å². The standard InChI is InChI=1S/C17H19BrO/c1-13(14(2)18)11-15-7-6-10-17(12-15)19-16-8-4-3-5-9-16/h3-10,12-14H,11H2,1-2H3. The van der Waals surface area contributed by atoms with E-state index in [9.17, 15) is 0 Å². The average Bonchev–Trinajstić information content (AvgIpc) is 2.40. The molecule has 0 bridgehead atoms. The first-order chi connectivity index (χ1) is 9.15. The summed E-state index contributed by atoms with van der Waals surface area (Å²) < 4.78 is 5.85. The quantitative estimate of drug-likeness (QED) is 0.667. The van der Waals surface area contributed by atoms with Crippen molar-refractivity contribution in [2.24, 2.45) is 5.92 Å². The van der Waals surface area contributed by atoms with E-state index in [-0.39, 0.29) is 0 Å². The predicted molar refractivity (Wildman–Crippen MR) is 84.2 cm³/mol. The molecule has 0 aliphatic heterocycles. The lowest BCUT2D eigenvalue weighted by Crippen LogP contribution is -2.09. The first-order valence-corrected chi connectivity index (χ1v) is 7.52. The molecule has 0 radical (unpaired) electrons. The van der Waals surface area contributed by atoms with E-state index in [4.69, 9.17) is 4.74 Å². The van der Waals surface area contributed by atoms with Crippen molar-refractivity contribution < 1.29 is 4.74 Å². The van der Waals surface area contributed by atoms with E-state index in [1.54, 1.807) is 0 Å². The highest BCUT2D eigenvalue weighted by Crippen LogP contribution is 2.24. The van der Waals surface area contributed by atoms with Gasteiger partial charge in [-0.15, -0.1) is 0 Å². The highest BCUT2D eigenvalue weighted by atomic mass is 79.9. The van der Waals surface area contributed by atoms with E-state index in [0.717, 1.165) is 17.9 Å². The summed E-state index contributed by atoms with van der Waals surface area (Å²) in [5, 5.41) is 0. The van der Waals surface area contributed by atoms with Crippen molar-refractivity contribution in [1.29, 1.82) is 0 Å². The minimum Gasteiger partial charge on any atom is -0.457 e. The van der Waals surface area contributed by atoms with E-state index >= 15 is 0 Å². The molecule has 0 saturated heterocycles. The molecular formula is C17H19BrO. The molecule has 2 aromatic carbocycles. The molecular weight excluding hydrogens is 300 g/mol. The van der Waals surface area contributed by atoms with Crippen LogP contribution < -0.4 is 4.74 Å². The summed E-state index contributed by atoms with van der Waals surface area (Å²) in [5.41, 5.74) is 1.31. The number of para-hydroxylation sites is 1. The minimum atomic E-state index is 0.520. The maximum atomic E-state index is 5.85. The Bertz CT molecular complexity index is 508. The molecule has 19 heavy (non-hydrogen) atoms. The van der Waals surface area contributed by atoms with Crippen LogP contribution in [0.1, 0.15) is 19.4 Å². The Morgan fingerprint density at radius 2 is 1.63 bits per heavy atom. The normalized spacial score (nSPS) is 13.8. The molecule has 2 atom stereocenters. The second-order valence-corrected chi connectivity index (χ2v) is 6.37. The molecule has 2 aromatic rings. The molecule has 0 heterocycles. The summed E-state index contributed by atoms with van der Waals surface area (Å²) in [4.78, 5) is 0.520. The topological polar surface area (TPSA) is 9.23 Å². The minimum absolute atomic E-state index is 0.520. The van der Waals surface area contributed by atoms with E-state index in [0.29, 0.717) is 10.7 Å². The van der Waals surface area contributed by atoms with Crippen LogP contribution in [0.4, 0.5) is 0 Å². The lowest BCUT2D eigenvalue weighted by atomic mass is 9.99. The van der Waals surface area contributed by atoms with Gasteiger partial charge in [0.1, 0.15) is 11.5 Å². The fraction of sp³-hybridized carbons (Fsp3) is 0.294. The van der Waals surface area contributed by atoms with Gasteiger partial charge < -0.3 is 4.74 Å². The molecule has 0 fully saturated rings. The third kappa shape index (κ3) is 4.39. The number of rotatable bonds is 5. The third-order valence-corrected chi connectivity index (χ3v) is 4.12. The number of ether oxygens (including phenoxy) is 1. The lowest BCUT2D eigenvalue weighted by Gasteiger charge is -2.14. The summed E-state index contributed by atoms with van der Waals surface area (Å²) in [6.07, 6.45) is 1.05. The van der Waals surface area contributed by atoms with Crippen molar-refractivity contribution in [3.8, 4) is 11.5 Å². The van der Waals surface area contributed by atoms with Gasteiger partial charge in [0.25, 0.3) is 0 Å². The van der Waals surface area contributed by atoms with Gasteiger partial charge >= 0.3 is 0 Å². The van der Waals surface area contributed by atoms with Crippen LogP contribution in [0.3, 0.4) is 0 Å². The summed E-state index contributed by atoms with van der Waals surface area (Å²) in [6.45, 7) is 4.44. The number of benzene rings is 2. The zero-order valence-electron chi connectivity index (χ0n) is 11.3. The molecule has 0 aliphatic carbocycles. The van der Waals surface area contributed by atoms with Crippen molar-refractivity contribution in [3.63, 3.8) is 0 Å². The zero-order valence-corrected chi connectivity index (χ0v) is 12.9. The van der Waals surface area contributed by atoms with Gasteiger partial charge in [-0.3, -0.25) is 0 Å². The van der Waals surface area contributed by atoms with Gasteiger partial charge in [-0.25, -0.2) is 0 Å². The number of alkyl halides is 1. The first-order valence-electron chi connectivity index (χ1n) is 6.61. The maximum absolute atomic E-state index is 5.85. The monoisotopic (exact) mass is 318 g/mol. The zero-order chi connectivity index (χ0) is 13.7. The van der Waals surface area contributed by atoms with E-state index in [2.05, 4.69) is 48.0 Å². The Hall–Kier alpha value is -1.28. The maximum Gasteiger partial charge on any atom is 0.127 e. The Kier molecular flexibility index (Phi) is 5.03. The van der Waals surface area contributed by atoms with Crippen LogP contribution in [0.2, 0.25) is 0 Å². The van der Waals surface area contributed by atoms with E-state index in [1.807, 2.05) is 36.4 Å². The van der Waals surface area contributed by atoms with E-state index in [1.165, 1.54) is 5.56 Å². The SMILES string of the molecule is CC(Br)C(C)Cc1cccc(Oc2ccccc2)c1. The Balaban J connectivity index is 2.07. The van der Waals surface area contributed by atoms with Gasteiger partial charge in [-0.1, -0.05) is 60.1 Å². The molecule has 2 rings (SSSR count). The number of hydrogen-bond acceptors (Lipinski definition) is 1. The lowest BCUT2D eigenvalue weighted by molar-refractivity contribution is 0.481. The van der Waals surface area contributed by atoms with Crippen molar-refractivity contribution in [2.75, 3.05) is 0 Å². The first kappa shape index (κ1) is 14.1. The molecule has 0 aliphatic rings. The predicted octanol–water partition coefficient (Wildman–Crippen LogP) is 5.44. The molecule has 2 unspecified atom stereocenters. The van der Waals surface area contributed by atoms with Crippen molar-refractivity contribution in [2.45, 2.75) is 25.1 Å². The van der Waals surface area contributed by atoms with Crippen LogP contribution in [0.25, 0.3) is 0 Å². The molecule has 1 nitrogen and oxygen atoms in total.